The highest BCUT2D eigenvalue weighted by atomic mass is 31.2. The van der Waals surface area contributed by atoms with Crippen molar-refractivity contribution in [1.82, 2.24) is 0 Å². The first-order chi connectivity index (χ1) is 18.6. The summed E-state index contributed by atoms with van der Waals surface area (Å²) in [5, 5.41) is 2.18. The normalized spacial score (nSPS) is 11.0. The Morgan fingerprint density at radius 3 is 1.24 bits per heavy atom. The molecule has 6 heteroatoms. The van der Waals surface area contributed by atoms with Gasteiger partial charge in [0.2, 0.25) is 0 Å². The van der Waals surface area contributed by atoms with Gasteiger partial charge >= 0.3 is 0 Å². The van der Waals surface area contributed by atoms with E-state index in [1.165, 1.54) is 0 Å². The standard InChI is InChI=1S/C32H27O5P/c1-34-26-8-6-10-28(22-26)36-24-14-18-31(19-15-24)38(33,30-12-4-3-5-13-30)32-20-16-25(17-21-32)37-29-11-7-9-27(23-29)35-2/h3-23H,1-2H3. The van der Waals surface area contributed by atoms with Gasteiger partial charge in [0.1, 0.15) is 34.5 Å². The van der Waals surface area contributed by atoms with E-state index in [0.29, 0.717) is 45.1 Å². The fourth-order valence-corrected chi connectivity index (χ4v) is 6.76. The van der Waals surface area contributed by atoms with Crippen LogP contribution < -0.4 is 34.9 Å². The van der Waals surface area contributed by atoms with E-state index in [2.05, 4.69) is 0 Å². The molecule has 0 aliphatic heterocycles. The van der Waals surface area contributed by atoms with Crippen LogP contribution in [0.1, 0.15) is 0 Å². The molecule has 0 fully saturated rings. The van der Waals surface area contributed by atoms with Crippen LogP contribution in [-0.2, 0) is 4.57 Å². The summed E-state index contributed by atoms with van der Waals surface area (Å²) in [7, 11) is 0.0776. The van der Waals surface area contributed by atoms with Crippen molar-refractivity contribution in [3.05, 3.63) is 127 Å². The number of rotatable bonds is 9. The third-order valence-corrected chi connectivity index (χ3v) is 9.15. The molecule has 5 aromatic carbocycles. The monoisotopic (exact) mass is 522 g/mol. The molecular formula is C32H27O5P. The Bertz CT molecular complexity index is 1450. The summed E-state index contributed by atoms with van der Waals surface area (Å²) in [5.41, 5.74) is 0. The molecule has 0 N–H and O–H groups in total. The molecule has 0 unspecified atom stereocenters. The summed E-state index contributed by atoms with van der Waals surface area (Å²) in [5.74, 6) is 4.04. The van der Waals surface area contributed by atoms with Crippen molar-refractivity contribution in [1.29, 1.82) is 0 Å². The summed E-state index contributed by atoms with van der Waals surface area (Å²) >= 11 is 0. The van der Waals surface area contributed by atoms with Gasteiger partial charge in [-0.05, 0) is 72.8 Å². The third kappa shape index (κ3) is 5.44. The Morgan fingerprint density at radius 1 is 0.421 bits per heavy atom. The molecule has 5 aromatic rings. The van der Waals surface area contributed by atoms with Gasteiger partial charge in [0.25, 0.3) is 0 Å². The largest absolute Gasteiger partial charge is 0.497 e. The zero-order chi connectivity index (χ0) is 26.4. The fraction of sp³-hybridized carbons (Fsp3) is 0.0625. The molecule has 0 atom stereocenters. The molecule has 0 aliphatic carbocycles. The summed E-state index contributed by atoms with van der Waals surface area (Å²) < 4.78 is 37.3. The lowest BCUT2D eigenvalue weighted by atomic mass is 10.3. The zero-order valence-corrected chi connectivity index (χ0v) is 22.0. The van der Waals surface area contributed by atoms with E-state index in [9.17, 15) is 4.57 Å². The lowest BCUT2D eigenvalue weighted by Crippen LogP contribution is -2.24. The highest BCUT2D eigenvalue weighted by molar-refractivity contribution is 7.85. The van der Waals surface area contributed by atoms with Gasteiger partial charge in [-0.15, -0.1) is 0 Å². The van der Waals surface area contributed by atoms with Crippen LogP contribution in [-0.4, -0.2) is 14.2 Å². The van der Waals surface area contributed by atoms with Crippen LogP contribution >= 0.6 is 7.14 Å². The van der Waals surface area contributed by atoms with Crippen LogP contribution in [0.25, 0.3) is 0 Å². The summed E-state index contributed by atoms with van der Waals surface area (Å²) in [6.07, 6.45) is 0. The lowest BCUT2D eigenvalue weighted by Gasteiger charge is -2.20. The van der Waals surface area contributed by atoms with Gasteiger partial charge < -0.3 is 23.5 Å². The van der Waals surface area contributed by atoms with Gasteiger partial charge in [0.15, 0.2) is 7.14 Å². The molecule has 38 heavy (non-hydrogen) atoms. The van der Waals surface area contributed by atoms with Crippen molar-refractivity contribution < 1.29 is 23.5 Å². The molecule has 0 radical (unpaired) electrons. The molecule has 0 heterocycles. The number of hydrogen-bond donors (Lipinski definition) is 0. The Labute approximate surface area is 222 Å². The summed E-state index contributed by atoms with van der Waals surface area (Å²) in [6.45, 7) is 0. The maximum absolute atomic E-state index is 14.8. The summed E-state index contributed by atoms with van der Waals surface area (Å²) in [6, 6.07) is 39.2. The smallest absolute Gasteiger partial charge is 0.171 e. The molecule has 0 bridgehead atoms. The van der Waals surface area contributed by atoms with Crippen molar-refractivity contribution in [2.24, 2.45) is 0 Å². The predicted octanol–water partition coefficient (Wildman–Crippen LogP) is 6.93. The van der Waals surface area contributed by atoms with Crippen LogP contribution in [0.4, 0.5) is 0 Å². The Hall–Kier alpha value is -4.47. The van der Waals surface area contributed by atoms with Crippen LogP contribution in [0, 0.1) is 0 Å². The molecule has 0 aromatic heterocycles. The van der Waals surface area contributed by atoms with E-state index in [1.54, 1.807) is 14.2 Å². The molecule has 5 rings (SSSR count). The molecule has 190 valence electrons. The minimum absolute atomic E-state index is 0.642. The highest BCUT2D eigenvalue weighted by Gasteiger charge is 2.29. The van der Waals surface area contributed by atoms with Gasteiger partial charge in [0, 0.05) is 28.0 Å². The van der Waals surface area contributed by atoms with Crippen molar-refractivity contribution in [2.45, 2.75) is 0 Å². The van der Waals surface area contributed by atoms with Crippen LogP contribution in [0.5, 0.6) is 34.5 Å². The first-order valence-electron chi connectivity index (χ1n) is 12.1. The van der Waals surface area contributed by atoms with Crippen LogP contribution in [0.3, 0.4) is 0 Å². The van der Waals surface area contributed by atoms with E-state index >= 15 is 0 Å². The van der Waals surface area contributed by atoms with Gasteiger partial charge in [-0.3, -0.25) is 0 Å². The van der Waals surface area contributed by atoms with Crippen molar-refractivity contribution in [3.8, 4) is 34.5 Å². The van der Waals surface area contributed by atoms with Crippen LogP contribution in [0.2, 0.25) is 0 Å². The number of benzene rings is 5. The molecule has 0 amide bonds. The Morgan fingerprint density at radius 2 is 0.816 bits per heavy atom. The average Bonchev–Trinajstić information content (AvgIpc) is 2.98. The van der Waals surface area contributed by atoms with Gasteiger partial charge in [-0.25, -0.2) is 0 Å². The second kappa shape index (κ2) is 11.3. The van der Waals surface area contributed by atoms with Crippen molar-refractivity contribution >= 4 is 23.1 Å². The third-order valence-electron chi connectivity index (χ3n) is 6.07. The molecule has 0 saturated heterocycles. The van der Waals surface area contributed by atoms with Crippen molar-refractivity contribution in [3.63, 3.8) is 0 Å². The van der Waals surface area contributed by atoms with E-state index in [4.69, 9.17) is 18.9 Å². The fourth-order valence-electron chi connectivity index (χ4n) is 4.13. The zero-order valence-electron chi connectivity index (χ0n) is 21.1. The molecular weight excluding hydrogens is 495 g/mol. The van der Waals surface area contributed by atoms with E-state index in [1.807, 2.05) is 127 Å². The maximum atomic E-state index is 14.8. The van der Waals surface area contributed by atoms with Crippen molar-refractivity contribution in [2.75, 3.05) is 14.2 Å². The minimum Gasteiger partial charge on any atom is -0.497 e. The molecule has 0 aliphatic rings. The highest BCUT2D eigenvalue weighted by Crippen LogP contribution is 2.43. The predicted molar refractivity (Wildman–Crippen MR) is 152 cm³/mol. The minimum atomic E-state index is -3.16. The van der Waals surface area contributed by atoms with E-state index < -0.39 is 7.14 Å². The molecule has 0 spiro atoms. The summed E-state index contributed by atoms with van der Waals surface area (Å²) in [4.78, 5) is 0. The van der Waals surface area contributed by atoms with E-state index in [0.717, 1.165) is 5.30 Å². The Kier molecular flexibility index (Phi) is 7.48. The lowest BCUT2D eigenvalue weighted by molar-refractivity contribution is 0.409. The first kappa shape index (κ1) is 25.2. The second-order valence-electron chi connectivity index (χ2n) is 8.49. The average molecular weight is 523 g/mol. The maximum Gasteiger partial charge on any atom is 0.171 e. The topological polar surface area (TPSA) is 54.0 Å². The van der Waals surface area contributed by atoms with E-state index in [-0.39, 0.29) is 0 Å². The number of ether oxygens (including phenoxy) is 4. The molecule has 5 nitrogen and oxygen atoms in total. The van der Waals surface area contributed by atoms with Gasteiger partial charge in [0.05, 0.1) is 14.2 Å². The second-order valence-corrected chi connectivity index (χ2v) is 11.3. The van der Waals surface area contributed by atoms with Crippen LogP contribution in [0.15, 0.2) is 127 Å². The quantitative estimate of drug-likeness (QED) is 0.197. The Balaban J connectivity index is 1.45. The number of hydrogen-bond acceptors (Lipinski definition) is 5. The first-order valence-corrected chi connectivity index (χ1v) is 13.8. The number of methoxy groups -OCH3 is 2. The SMILES string of the molecule is COc1cccc(Oc2ccc(P(=O)(c3ccccc3)c3ccc(Oc4cccc(OC)c4)cc3)cc2)c1. The molecule has 0 saturated carbocycles. The van der Waals surface area contributed by atoms with Gasteiger partial charge in [-0.1, -0.05) is 42.5 Å². The van der Waals surface area contributed by atoms with Gasteiger partial charge in [-0.2, -0.15) is 0 Å².